The van der Waals surface area contributed by atoms with Gasteiger partial charge in [-0.05, 0) is 84.7 Å². The third kappa shape index (κ3) is 4.38. The number of aliphatic imine (C=N–C) groups is 4. The standard InChI is InChI=1S/C27H26N4/c1-3-5-18(4-2)12-19-13-26-16-24-9-8-22(29-24)14-20-6-7-21(28-20)15-23-10-11-25(30-23)17-27(19)31-26/h6-11,13-18H,3-5,12H2,1-2H3. The van der Waals surface area contributed by atoms with E-state index in [0.717, 1.165) is 52.1 Å². The molecule has 5 rings (SSSR count). The first kappa shape index (κ1) is 19.6. The number of nitrogens with zero attached hydrogens (tertiary/aromatic N) is 4. The predicted molar refractivity (Wildman–Crippen MR) is 131 cm³/mol. The van der Waals surface area contributed by atoms with Crippen LogP contribution in [0.4, 0.5) is 0 Å². The molecule has 0 fully saturated rings. The van der Waals surface area contributed by atoms with E-state index in [9.17, 15) is 0 Å². The van der Waals surface area contributed by atoms with Crippen molar-refractivity contribution in [3.8, 4) is 0 Å². The van der Waals surface area contributed by atoms with E-state index in [0.29, 0.717) is 5.92 Å². The molecule has 4 nitrogen and oxygen atoms in total. The average molecular weight is 407 g/mol. The maximum Gasteiger partial charge on any atom is 0.0691 e. The summed E-state index contributed by atoms with van der Waals surface area (Å²) in [5, 5.41) is 0. The molecule has 1 atom stereocenters. The summed E-state index contributed by atoms with van der Waals surface area (Å²) in [5.74, 6) is 0.676. The van der Waals surface area contributed by atoms with Gasteiger partial charge >= 0.3 is 0 Å². The smallest absolute Gasteiger partial charge is 0.0691 e. The molecule has 0 aromatic heterocycles. The van der Waals surface area contributed by atoms with Crippen molar-refractivity contribution >= 4 is 22.8 Å². The summed E-state index contributed by atoms with van der Waals surface area (Å²) in [4.78, 5) is 19.1. The van der Waals surface area contributed by atoms with Gasteiger partial charge in [0.25, 0.3) is 0 Å². The lowest BCUT2D eigenvalue weighted by molar-refractivity contribution is 0.466. The van der Waals surface area contributed by atoms with Gasteiger partial charge in [-0.25, -0.2) is 20.0 Å². The summed E-state index contributed by atoms with van der Waals surface area (Å²) in [7, 11) is 0. The van der Waals surface area contributed by atoms with Crippen molar-refractivity contribution in [2.75, 3.05) is 0 Å². The fourth-order valence-corrected chi connectivity index (χ4v) is 4.29. The van der Waals surface area contributed by atoms with Gasteiger partial charge in [-0.3, -0.25) is 0 Å². The monoisotopic (exact) mass is 406 g/mol. The van der Waals surface area contributed by atoms with Gasteiger partial charge in [0, 0.05) is 0 Å². The zero-order chi connectivity index (χ0) is 21.2. The molecular weight excluding hydrogens is 380 g/mol. The van der Waals surface area contributed by atoms with Gasteiger partial charge in [0.15, 0.2) is 0 Å². The first-order valence-corrected chi connectivity index (χ1v) is 11.2. The van der Waals surface area contributed by atoms with E-state index in [1.807, 2.05) is 42.5 Å². The fraction of sp³-hybridized carbons (Fsp3) is 0.259. The third-order valence-electron chi connectivity index (χ3n) is 5.90. The molecule has 0 radical (unpaired) electrons. The van der Waals surface area contributed by atoms with Crippen LogP contribution in [0.15, 0.2) is 115 Å². The van der Waals surface area contributed by atoms with E-state index in [4.69, 9.17) is 15.0 Å². The first-order valence-electron chi connectivity index (χ1n) is 11.2. The van der Waals surface area contributed by atoms with Crippen LogP contribution in [0.2, 0.25) is 0 Å². The predicted octanol–water partition coefficient (Wildman–Crippen LogP) is 6.17. The molecule has 0 aromatic carbocycles. The van der Waals surface area contributed by atoms with Crippen LogP contribution in [0, 0.1) is 5.92 Å². The highest BCUT2D eigenvalue weighted by Gasteiger charge is 2.19. The lowest BCUT2D eigenvalue weighted by Crippen LogP contribution is -2.05. The quantitative estimate of drug-likeness (QED) is 0.525. The molecule has 5 aliphatic heterocycles. The second-order valence-electron chi connectivity index (χ2n) is 8.32. The highest BCUT2D eigenvalue weighted by Crippen LogP contribution is 2.29. The lowest BCUT2D eigenvalue weighted by atomic mass is 9.90. The van der Waals surface area contributed by atoms with Crippen LogP contribution >= 0.6 is 0 Å². The van der Waals surface area contributed by atoms with E-state index < -0.39 is 0 Å². The lowest BCUT2D eigenvalue weighted by Gasteiger charge is -2.14. The Bertz CT molecular complexity index is 1180. The Labute approximate surface area is 183 Å². The largest absolute Gasteiger partial charge is 0.249 e. The van der Waals surface area contributed by atoms with Crippen molar-refractivity contribution in [3.63, 3.8) is 0 Å². The van der Waals surface area contributed by atoms with Crippen molar-refractivity contribution in [2.45, 2.75) is 39.5 Å². The average Bonchev–Trinajstić information content (AvgIpc) is 3.53. The van der Waals surface area contributed by atoms with Crippen molar-refractivity contribution in [3.05, 3.63) is 95.2 Å². The van der Waals surface area contributed by atoms with Gasteiger partial charge in [-0.15, -0.1) is 0 Å². The summed E-state index contributed by atoms with van der Waals surface area (Å²) >= 11 is 0. The number of fused-ring (bicyclic) bond motifs is 4. The SMILES string of the molecule is CCCC(CC)CC1=CC2=CC3=NC(=CC4=NC(=CC5=NC(=CC1=N2)C=C5)C=C4)C=C3. The van der Waals surface area contributed by atoms with Crippen LogP contribution in [-0.2, 0) is 0 Å². The molecule has 5 aliphatic rings. The van der Waals surface area contributed by atoms with Gasteiger partial charge in [-0.1, -0.05) is 33.1 Å². The van der Waals surface area contributed by atoms with Crippen molar-refractivity contribution in [1.29, 1.82) is 0 Å². The molecule has 8 bridgehead atoms. The van der Waals surface area contributed by atoms with Crippen LogP contribution in [0.5, 0.6) is 0 Å². The number of rotatable bonds is 5. The zero-order valence-electron chi connectivity index (χ0n) is 18.0. The highest BCUT2D eigenvalue weighted by atomic mass is 14.8. The van der Waals surface area contributed by atoms with Gasteiger partial charge in [0.1, 0.15) is 0 Å². The second kappa shape index (κ2) is 8.38. The van der Waals surface area contributed by atoms with E-state index >= 15 is 0 Å². The van der Waals surface area contributed by atoms with E-state index in [1.165, 1.54) is 24.8 Å². The van der Waals surface area contributed by atoms with Crippen LogP contribution in [-0.4, -0.2) is 22.8 Å². The van der Waals surface area contributed by atoms with Crippen LogP contribution < -0.4 is 0 Å². The minimum absolute atomic E-state index is 0.676. The molecule has 0 aromatic rings. The van der Waals surface area contributed by atoms with Crippen molar-refractivity contribution < 1.29 is 0 Å². The molecule has 0 saturated carbocycles. The van der Waals surface area contributed by atoms with E-state index in [1.54, 1.807) is 0 Å². The normalized spacial score (nSPS) is 21.7. The summed E-state index contributed by atoms with van der Waals surface area (Å²) in [6, 6.07) is 0. The third-order valence-corrected chi connectivity index (χ3v) is 5.90. The summed E-state index contributed by atoms with van der Waals surface area (Å²) in [6.45, 7) is 4.54. The second-order valence-corrected chi connectivity index (χ2v) is 8.32. The molecule has 0 aliphatic carbocycles. The van der Waals surface area contributed by atoms with Crippen LogP contribution in [0.25, 0.3) is 0 Å². The molecule has 0 N–H and O–H groups in total. The topological polar surface area (TPSA) is 49.4 Å². The molecular formula is C27H26N4. The van der Waals surface area contributed by atoms with Crippen LogP contribution in [0.3, 0.4) is 0 Å². The highest BCUT2D eigenvalue weighted by molar-refractivity contribution is 6.16. The van der Waals surface area contributed by atoms with Gasteiger partial charge in [0.05, 0.1) is 45.6 Å². The minimum atomic E-state index is 0.676. The molecule has 0 saturated heterocycles. The Kier molecular flexibility index (Phi) is 5.29. The molecule has 0 amide bonds. The molecule has 0 spiro atoms. The minimum Gasteiger partial charge on any atom is -0.249 e. The molecule has 31 heavy (non-hydrogen) atoms. The first-order chi connectivity index (χ1) is 15.2. The maximum absolute atomic E-state index is 4.94. The summed E-state index contributed by atoms with van der Waals surface area (Å²) in [6.07, 6.45) is 27.3. The Morgan fingerprint density at radius 1 is 0.613 bits per heavy atom. The summed E-state index contributed by atoms with van der Waals surface area (Å²) < 4.78 is 0. The maximum atomic E-state index is 4.94. The molecule has 4 heteroatoms. The Balaban J connectivity index is 1.56. The van der Waals surface area contributed by atoms with E-state index in [-0.39, 0.29) is 0 Å². The van der Waals surface area contributed by atoms with Crippen molar-refractivity contribution in [2.24, 2.45) is 25.9 Å². The zero-order valence-corrected chi connectivity index (χ0v) is 18.0. The Hall–Kier alpha value is -3.40. The van der Waals surface area contributed by atoms with Crippen molar-refractivity contribution in [1.82, 2.24) is 0 Å². The van der Waals surface area contributed by atoms with Gasteiger partial charge < -0.3 is 0 Å². The van der Waals surface area contributed by atoms with Gasteiger partial charge in [0.2, 0.25) is 0 Å². The van der Waals surface area contributed by atoms with Gasteiger partial charge in [-0.2, -0.15) is 0 Å². The number of hydrogen-bond donors (Lipinski definition) is 0. The number of hydrogen-bond acceptors (Lipinski definition) is 4. The summed E-state index contributed by atoms with van der Waals surface area (Å²) in [5.41, 5.74) is 8.74. The van der Waals surface area contributed by atoms with E-state index in [2.05, 4.69) is 43.1 Å². The number of allylic oxidation sites excluding steroid dienone is 12. The van der Waals surface area contributed by atoms with Crippen LogP contribution in [0.1, 0.15) is 39.5 Å². The molecule has 1 unspecified atom stereocenters. The molecule has 154 valence electrons. The Morgan fingerprint density at radius 2 is 1.16 bits per heavy atom. The Morgan fingerprint density at radius 3 is 1.71 bits per heavy atom. The fourth-order valence-electron chi connectivity index (χ4n) is 4.29. The molecule has 5 heterocycles.